The van der Waals surface area contributed by atoms with E-state index in [1.54, 1.807) is 7.11 Å². The first-order chi connectivity index (χ1) is 15.2. The Balaban J connectivity index is 1.46. The van der Waals surface area contributed by atoms with Crippen molar-refractivity contribution in [3.8, 4) is 16.9 Å². The second-order valence-corrected chi connectivity index (χ2v) is 7.98. The molecule has 1 aliphatic rings. The Bertz CT molecular complexity index is 788. The van der Waals surface area contributed by atoms with Crippen molar-refractivity contribution in [3.05, 3.63) is 54.1 Å². The van der Waals surface area contributed by atoms with Crippen LogP contribution in [0.15, 0.2) is 48.5 Å². The van der Waals surface area contributed by atoms with Crippen LogP contribution in [0.4, 0.5) is 0 Å². The highest BCUT2D eigenvalue weighted by atomic mass is 16.5. The Morgan fingerprint density at radius 2 is 1.71 bits per heavy atom. The fourth-order valence-electron chi connectivity index (χ4n) is 3.99. The maximum absolute atomic E-state index is 11.5. The summed E-state index contributed by atoms with van der Waals surface area (Å²) < 4.78 is 16.5. The Morgan fingerprint density at radius 1 is 1.00 bits per heavy atom. The highest BCUT2D eigenvalue weighted by Gasteiger charge is 2.22. The van der Waals surface area contributed by atoms with Crippen LogP contribution in [-0.2, 0) is 20.9 Å². The molecule has 0 bridgehead atoms. The van der Waals surface area contributed by atoms with Crippen molar-refractivity contribution >= 4 is 5.97 Å². The van der Waals surface area contributed by atoms with Crippen molar-refractivity contribution < 1.29 is 19.0 Å². The van der Waals surface area contributed by atoms with Crippen LogP contribution in [-0.4, -0.2) is 43.9 Å². The minimum absolute atomic E-state index is 0.0907. The quantitative estimate of drug-likeness (QED) is 0.355. The summed E-state index contributed by atoms with van der Waals surface area (Å²) in [6.45, 7) is 4.97. The molecule has 0 saturated carbocycles. The van der Waals surface area contributed by atoms with Gasteiger partial charge < -0.3 is 14.2 Å². The number of hydrogen-bond acceptors (Lipinski definition) is 5. The third-order valence-electron chi connectivity index (χ3n) is 5.75. The van der Waals surface area contributed by atoms with Gasteiger partial charge in [-0.25, -0.2) is 0 Å². The average Bonchev–Trinajstić information content (AvgIpc) is 2.82. The molecule has 1 unspecified atom stereocenters. The van der Waals surface area contributed by atoms with Gasteiger partial charge in [-0.2, -0.15) is 0 Å². The van der Waals surface area contributed by atoms with Gasteiger partial charge in [0.15, 0.2) is 0 Å². The van der Waals surface area contributed by atoms with E-state index in [1.807, 2.05) is 19.1 Å². The van der Waals surface area contributed by atoms with Crippen molar-refractivity contribution in [2.75, 3.05) is 26.8 Å². The largest absolute Gasteiger partial charge is 0.497 e. The van der Waals surface area contributed by atoms with E-state index in [2.05, 4.69) is 41.3 Å². The van der Waals surface area contributed by atoms with Gasteiger partial charge in [0.2, 0.25) is 0 Å². The highest BCUT2D eigenvalue weighted by molar-refractivity contribution is 5.69. The zero-order chi connectivity index (χ0) is 21.9. The molecule has 31 heavy (non-hydrogen) atoms. The molecule has 1 aliphatic heterocycles. The van der Waals surface area contributed by atoms with Crippen LogP contribution < -0.4 is 4.74 Å². The van der Waals surface area contributed by atoms with Crippen LogP contribution in [0.25, 0.3) is 11.1 Å². The maximum Gasteiger partial charge on any atom is 0.305 e. The second kappa shape index (κ2) is 12.5. The van der Waals surface area contributed by atoms with E-state index in [0.717, 1.165) is 38.1 Å². The lowest BCUT2D eigenvalue weighted by molar-refractivity contribution is -0.143. The van der Waals surface area contributed by atoms with Crippen molar-refractivity contribution in [2.24, 2.45) is 0 Å². The van der Waals surface area contributed by atoms with Crippen molar-refractivity contribution in [1.82, 2.24) is 4.90 Å². The van der Waals surface area contributed by atoms with E-state index in [-0.39, 0.29) is 12.2 Å². The van der Waals surface area contributed by atoms with Gasteiger partial charge in [-0.1, -0.05) is 36.4 Å². The predicted molar refractivity (Wildman–Crippen MR) is 123 cm³/mol. The molecule has 0 spiro atoms. The minimum Gasteiger partial charge on any atom is -0.497 e. The van der Waals surface area contributed by atoms with Crippen LogP contribution in [0.1, 0.15) is 51.0 Å². The lowest BCUT2D eigenvalue weighted by Crippen LogP contribution is -2.41. The number of carbonyl (C=O) groups is 1. The van der Waals surface area contributed by atoms with Gasteiger partial charge >= 0.3 is 5.97 Å². The van der Waals surface area contributed by atoms with E-state index in [1.165, 1.54) is 29.5 Å². The fraction of sp³-hybridized carbons (Fsp3) is 0.500. The Kier molecular flexibility index (Phi) is 9.38. The Labute approximate surface area is 186 Å². The molecule has 0 radical (unpaired) electrons. The normalized spacial score (nSPS) is 16.8. The van der Waals surface area contributed by atoms with Gasteiger partial charge in [0.25, 0.3) is 0 Å². The lowest BCUT2D eigenvalue weighted by atomic mass is 10.0. The molecule has 0 N–H and O–H groups in total. The molecule has 5 heteroatoms. The molecular weight excluding hydrogens is 390 g/mol. The molecule has 2 aromatic carbocycles. The number of nitrogens with zero attached hydrogens (tertiary/aromatic N) is 1. The summed E-state index contributed by atoms with van der Waals surface area (Å²) in [6.07, 6.45) is 6.03. The summed E-state index contributed by atoms with van der Waals surface area (Å²) in [4.78, 5) is 13.9. The van der Waals surface area contributed by atoms with E-state index in [9.17, 15) is 4.79 Å². The molecule has 1 saturated heterocycles. The number of carbonyl (C=O) groups excluding carboxylic acids is 1. The summed E-state index contributed by atoms with van der Waals surface area (Å²) >= 11 is 0. The summed E-state index contributed by atoms with van der Waals surface area (Å²) in [5.41, 5.74) is 3.55. The number of benzene rings is 2. The third-order valence-corrected chi connectivity index (χ3v) is 5.75. The SMILES string of the molecule is CCOC(=O)CCCCN1CCCCC1OCc1ccc(-c2ccc(OC)cc2)cc1. The van der Waals surface area contributed by atoms with Gasteiger partial charge in [0, 0.05) is 19.5 Å². The van der Waals surface area contributed by atoms with E-state index in [4.69, 9.17) is 14.2 Å². The smallest absolute Gasteiger partial charge is 0.305 e. The molecule has 0 aromatic heterocycles. The number of unbranched alkanes of at least 4 members (excludes halogenated alkanes) is 1. The number of rotatable bonds is 11. The van der Waals surface area contributed by atoms with E-state index in [0.29, 0.717) is 19.6 Å². The van der Waals surface area contributed by atoms with Gasteiger partial charge in [0.05, 0.1) is 20.3 Å². The third kappa shape index (κ3) is 7.37. The van der Waals surface area contributed by atoms with Gasteiger partial charge in [-0.15, -0.1) is 0 Å². The summed E-state index contributed by atoms with van der Waals surface area (Å²) in [7, 11) is 1.68. The number of ether oxygens (including phenoxy) is 3. The molecule has 5 nitrogen and oxygen atoms in total. The first kappa shape index (κ1) is 23.3. The molecule has 168 valence electrons. The number of piperidine rings is 1. The molecule has 1 heterocycles. The maximum atomic E-state index is 11.5. The second-order valence-electron chi connectivity index (χ2n) is 7.98. The Morgan fingerprint density at radius 3 is 2.39 bits per heavy atom. The van der Waals surface area contributed by atoms with E-state index < -0.39 is 0 Å². The molecule has 1 atom stereocenters. The van der Waals surface area contributed by atoms with Crippen molar-refractivity contribution in [1.29, 1.82) is 0 Å². The number of esters is 1. The van der Waals surface area contributed by atoms with Crippen LogP contribution in [0.2, 0.25) is 0 Å². The predicted octanol–water partition coefficient (Wildman–Crippen LogP) is 5.42. The average molecular weight is 426 g/mol. The fourth-order valence-corrected chi connectivity index (χ4v) is 3.99. The summed E-state index contributed by atoms with van der Waals surface area (Å²) in [6, 6.07) is 16.7. The summed E-state index contributed by atoms with van der Waals surface area (Å²) in [5, 5.41) is 0. The highest BCUT2D eigenvalue weighted by Crippen LogP contribution is 2.24. The first-order valence-electron chi connectivity index (χ1n) is 11.4. The summed E-state index contributed by atoms with van der Waals surface area (Å²) in [5.74, 6) is 0.777. The monoisotopic (exact) mass is 425 g/mol. The molecule has 0 amide bonds. The number of methoxy groups -OCH3 is 1. The van der Waals surface area contributed by atoms with Gasteiger partial charge in [-0.3, -0.25) is 9.69 Å². The van der Waals surface area contributed by atoms with Crippen molar-refractivity contribution in [3.63, 3.8) is 0 Å². The molecular formula is C26H35NO4. The van der Waals surface area contributed by atoms with E-state index >= 15 is 0 Å². The standard InChI is InChI=1S/C26H35NO4/c1-3-30-26(28)9-5-7-19-27-18-6-4-8-25(27)31-20-21-10-12-22(13-11-21)23-14-16-24(29-2)17-15-23/h10-17,25H,3-9,18-20H2,1-2H3. The van der Waals surface area contributed by atoms with Crippen LogP contribution >= 0.6 is 0 Å². The van der Waals surface area contributed by atoms with Crippen LogP contribution in [0.3, 0.4) is 0 Å². The molecule has 3 rings (SSSR count). The van der Waals surface area contributed by atoms with Crippen LogP contribution in [0.5, 0.6) is 5.75 Å². The first-order valence-corrected chi connectivity index (χ1v) is 11.4. The minimum atomic E-state index is -0.0907. The number of hydrogen-bond donors (Lipinski definition) is 0. The zero-order valence-corrected chi connectivity index (χ0v) is 18.8. The topological polar surface area (TPSA) is 48.0 Å². The Hall–Kier alpha value is -2.37. The molecule has 2 aromatic rings. The van der Waals surface area contributed by atoms with Crippen LogP contribution in [0, 0.1) is 0 Å². The lowest BCUT2D eigenvalue weighted by Gasteiger charge is -2.35. The molecule has 0 aliphatic carbocycles. The van der Waals surface area contributed by atoms with Gasteiger partial charge in [-0.05, 0) is 67.9 Å². The van der Waals surface area contributed by atoms with Gasteiger partial charge in [0.1, 0.15) is 12.0 Å². The zero-order valence-electron chi connectivity index (χ0n) is 18.8. The van der Waals surface area contributed by atoms with Crippen molar-refractivity contribution in [2.45, 2.75) is 58.3 Å². The molecule has 1 fully saturated rings. The number of likely N-dealkylation sites (tertiary alicyclic amines) is 1.